The minimum absolute atomic E-state index is 1.12. The van der Waals surface area contributed by atoms with Crippen molar-refractivity contribution in [2.24, 2.45) is 0 Å². The van der Waals surface area contributed by atoms with Crippen molar-refractivity contribution in [3.63, 3.8) is 0 Å². The van der Waals surface area contributed by atoms with E-state index >= 15 is 0 Å². The molecule has 0 aromatic carbocycles. The van der Waals surface area contributed by atoms with E-state index in [9.17, 15) is 0 Å². The van der Waals surface area contributed by atoms with Gasteiger partial charge in [-0.3, -0.25) is 0 Å². The van der Waals surface area contributed by atoms with E-state index in [-0.39, 0.29) is 0 Å². The van der Waals surface area contributed by atoms with Crippen molar-refractivity contribution in [2.45, 2.75) is 252 Å². The van der Waals surface area contributed by atoms with E-state index in [0.29, 0.717) is 0 Å². The van der Waals surface area contributed by atoms with Crippen molar-refractivity contribution in [3.8, 4) is 0 Å². The molecule has 0 rings (SSSR count). The number of nitrogens with zero attached hydrogens (tertiary/aromatic N) is 1. The van der Waals surface area contributed by atoms with Crippen LogP contribution < -0.4 is 5.32 Å². The molecule has 0 bridgehead atoms. The molecular formula is C56H104N2. The predicted octanol–water partition coefficient (Wildman–Crippen LogP) is 18.3. The zero-order valence-corrected chi connectivity index (χ0v) is 39.9. The lowest BCUT2D eigenvalue weighted by molar-refractivity contribution is 0.259. The quantitative estimate of drug-likeness (QED) is 0.0487. The van der Waals surface area contributed by atoms with Gasteiger partial charge in [-0.2, -0.15) is 0 Å². The smallest absolute Gasteiger partial charge is 0.0107 e. The second-order valence-electron chi connectivity index (χ2n) is 17.3. The summed E-state index contributed by atoms with van der Waals surface area (Å²) in [6.07, 6.45) is 76.4. The topological polar surface area (TPSA) is 15.3 Å². The van der Waals surface area contributed by atoms with Crippen molar-refractivity contribution in [3.05, 3.63) is 72.9 Å². The van der Waals surface area contributed by atoms with Gasteiger partial charge in [-0.15, -0.1) is 0 Å². The van der Waals surface area contributed by atoms with Gasteiger partial charge in [0.15, 0.2) is 0 Å². The first-order chi connectivity index (χ1) is 28.8. The average molecular weight is 805 g/mol. The molecule has 0 amide bonds. The van der Waals surface area contributed by atoms with E-state index in [2.05, 4.69) is 104 Å². The third-order valence-electron chi connectivity index (χ3n) is 11.5. The number of rotatable bonds is 48. The van der Waals surface area contributed by atoms with Crippen LogP contribution in [0.2, 0.25) is 0 Å². The van der Waals surface area contributed by atoms with E-state index in [0.717, 1.165) is 25.8 Å². The second-order valence-corrected chi connectivity index (χ2v) is 17.3. The first-order valence-corrected chi connectivity index (χ1v) is 26.2. The molecule has 0 atom stereocenters. The van der Waals surface area contributed by atoms with Gasteiger partial charge in [-0.05, 0) is 135 Å². The minimum Gasteiger partial charge on any atom is -0.315 e. The minimum atomic E-state index is 1.12. The summed E-state index contributed by atoms with van der Waals surface area (Å²) < 4.78 is 0. The van der Waals surface area contributed by atoms with Gasteiger partial charge in [0.2, 0.25) is 0 Å². The Morgan fingerprint density at radius 1 is 0.259 bits per heavy atom. The molecule has 1 N–H and O–H groups in total. The Hall–Kier alpha value is -1.64. The first-order valence-electron chi connectivity index (χ1n) is 26.2. The highest BCUT2D eigenvalue weighted by molar-refractivity contribution is 4.94. The van der Waals surface area contributed by atoms with Gasteiger partial charge >= 0.3 is 0 Å². The summed E-state index contributed by atoms with van der Waals surface area (Å²) in [5.41, 5.74) is 0. The van der Waals surface area contributed by atoms with Crippen molar-refractivity contribution in [1.29, 1.82) is 0 Å². The maximum atomic E-state index is 3.80. The SMILES string of the molecule is CCCCC/C=C\C/C=C\CCCCCCCCNCCN(CCCCCCCC/C=C\C/C=C\CCCCC)CCCCCCCC/C=C\C/C=C\CCCCC. The third-order valence-corrected chi connectivity index (χ3v) is 11.5. The third kappa shape index (κ3) is 50.5. The fourth-order valence-corrected chi connectivity index (χ4v) is 7.58. The number of unbranched alkanes of at least 4 members (excludes halogenated alkanes) is 27. The molecule has 0 aliphatic rings. The largest absolute Gasteiger partial charge is 0.315 e. The van der Waals surface area contributed by atoms with Crippen LogP contribution in [0.15, 0.2) is 72.9 Å². The number of hydrogen-bond donors (Lipinski definition) is 1. The summed E-state index contributed by atoms with van der Waals surface area (Å²) >= 11 is 0. The molecule has 0 saturated heterocycles. The van der Waals surface area contributed by atoms with Gasteiger partial charge in [0, 0.05) is 13.1 Å². The predicted molar refractivity (Wildman–Crippen MR) is 267 cm³/mol. The van der Waals surface area contributed by atoms with Crippen LogP contribution in [0.3, 0.4) is 0 Å². The number of allylic oxidation sites excluding steroid dienone is 12. The summed E-state index contributed by atoms with van der Waals surface area (Å²) in [6, 6.07) is 0. The second kappa shape index (κ2) is 53.4. The molecule has 2 nitrogen and oxygen atoms in total. The lowest BCUT2D eigenvalue weighted by atomic mass is 10.1. The van der Waals surface area contributed by atoms with Crippen LogP contribution >= 0.6 is 0 Å². The molecule has 0 radical (unpaired) electrons. The maximum absolute atomic E-state index is 3.80. The molecule has 2 heteroatoms. The van der Waals surface area contributed by atoms with Gasteiger partial charge < -0.3 is 10.2 Å². The monoisotopic (exact) mass is 805 g/mol. The number of hydrogen-bond acceptors (Lipinski definition) is 2. The normalized spacial score (nSPS) is 12.6. The van der Waals surface area contributed by atoms with Gasteiger partial charge in [-0.1, -0.05) is 209 Å². The van der Waals surface area contributed by atoms with Gasteiger partial charge in [0.05, 0.1) is 0 Å². The van der Waals surface area contributed by atoms with E-state index in [4.69, 9.17) is 0 Å². The molecule has 0 aliphatic carbocycles. The molecular weight excluding hydrogens is 701 g/mol. The molecule has 0 aliphatic heterocycles. The Balaban J connectivity index is 4.11. The molecule has 0 heterocycles. The first kappa shape index (κ1) is 56.4. The highest BCUT2D eigenvalue weighted by Gasteiger charge is 2.05. The van der Waals surface area contributed by atoms with E-state index in [1.165, 1.54) is 238 Å². The van der Waals surface area contributed by atoms with E-state index in [1.807, 2.05) is 0 Å². The summed E-state index contributed by atoms with van der Waals surface area (Å²) in [7, 11) is 0. The van der Waals surface area contributed by atoms with Crippen LogP contribution in [-0.2, 0) is 0 Å². The maximum Gasteiger partial charge on any atom is 0.0107 e. The average Bonchev–Trinajstić information content (AvgIpc) is 3.23. The van der Waals surface area contributed by atoms with E-state index < -0.39 is 0 Å². The molecule has 0 aromatic rings. The lowest BCUT2D eigenvalue weighted by Gasteiger charge is -2.22. The zero-order chi connectivity index (χ0) is 41.8. The van der Waals surface area contributed by atoms with Gasteiger partial charge in [-0.25, -0.2) is 0 Å². The van der Waals surface area contributed by atoms with Crippen LogP contribution in [0.1, 0.15) is 252 Å². The molecule has 0 saturated carbocycles. The van der Waals surface area contributed by atoms with Crippen molar-refractivity contribution >= 4 is 0 Å². The molecule has 0 unspecified atom stereocenters. The van der Waals surface area contributed by atoms with Gasteiger partial charge in [0.1, 0.15) is 0 Å². The molecule has 0 spiro atoms. The van der Waals surface area contributed by atoms with Crippen LogP contribution in [0.5, 0.6) is 0 Å². The van der Waals surface area contributed by atoms with Crippen molar-refractivity contribution < 1.29 is 0 Å². The summed E-state index contributed by atoms with van der Waals surface area (Å²) in [5, 5.41) is 3.80. The van der Waals surface area contributed by atoms with Crippen LogP contribution in [0, 0.1) is 0 Å². The van der Waals surface area contributed by atoms with Crippen molar-refractivity contribution in [2.75, 3.05) is 32.7 Å². The van der Waals surface area contributed by atoms with Crippen LogP contribution in [0.4, 0.5) is 0 Å². The Morgan fingerprint density at radius 3 is 0.862 bits per heavy atom. The van der Waals surface area contributed by atoms with Crippen LogP contribution in [0.25, 0.3) is 0 Å². The Morgan fingerprint density at radius 2 is 0.534 bits per heavy atom. The molecule has 338 valence electrons. The van der Waals surface area contributed by atoms with Gasteiger partial charge in [0.25, 0.3) is 0 Å². The zero-order valence-electron chi connectivity index (χ0n) is 39.9. The Bertz CT molecular complexity index is 875. The van der Waals surface area contributed by atoms with Crippen molar-refractivity contribution in [1.82, 2.24) is 10.2 Å². The highest BCUT2D eigenvalue weighted by atomic mass is 15.1. The Kier molecular flexibility index (Phi) is 51.9. The fourth-order valence-electron chi connectivity index (χ4n) is 7.58. The summed E-state index contributed by atoms with van der Waals surface area (Å²) in [5.74, 6) is 0. The Labute approximate surface area is 366 Å². The lowest BCUT2D eigenvalue weighted by Crippen LogP contribution is -2.34. The summed E-state index contributed by atoms with van der Waals surface area (Å²) in [4.78, 5) is 2.79. The highest BCUT2D eigenvalue weighted by Crippen LogP contribution is 2.12. The summed E-state index contributed by atoms with van der Waals surface area (Å²) in [6.45, 7) is 13.0. The number of nitrogens with one attached hydrogen (secondary N) is 1. The van der Waals surface area contributed by atoms with Crippen LogP contribution in [-0.4, -0.2) is 37.6 Å². The molecule has 0 fully saturated rings. The van der Waals surface area contributed by atoms with E-state index in [1.54, 1.807) is 0 Å². The molecule has 0 aromatic heterocycles. The standard InChI is InChI=1S/C56H104N2/c1-4-7-10-13-16-19-22-25-28-31-34-37-40-43-46-49-52-57-53-56-58(54-50-47-44-41-38-35-32-29-26-23-20-17-14-11-8-5-2)55-51-48-45-42-39-36-33-30-27-24-21-18-15-12-9-6-3/h16-21,25-30,57H,4-15,22-24,31-56H2,1-3H3/b19-16-,20-17-,21-18-,28-25-,29-26-,30-27-. The fraction of sp³-hybridized carbons (Fsp3) is 0.786. The molecule has 58 heavy (non-hydrogen) atoms.